The average molecular weight is 275 g/mol. The highest BCUT2D eigenvalue weighted by Crippen LogP contribution is 2.29. The van der Waals surface area contributed by atoms with Crippen LogP contribution >= 0.6 is 0 Å². The molecule has 0 bridgehead atoms. The van der Waals surface area contributed by atoms with E-state index in [2.05, 4.69) is 10.2 Å². The standard InChI is InChI=1S/C17H13N3O/c1-10-6-8-11(9-7-10)15-16-14(17(21)20-19-16)12-4-2-3-5-13(12)18-15/h2-9H,1H3,(H2,19,20,21). The molecule has 2 aromatic heterocycles. The number of rotatable bonds is 1. The van der Waals surface area contributed by atoms with E-state index >= 15 is 0 Å². The van der Waals surface area contributed by atoms with Gasteiger partial charge in [-0.1, -0.05) is 48.0 Å². The zero-order chi connectivity index (χ0) is 14.4. The van der Waals surface area contributed by atoms with Crippen molar-refractivity contribution in [2.24, 2.45) is 0 Å². The molecule has 0 saturated carbocycles. The monoisotopic (exact) mass is 275 g/mol. The molecule has 0 aliphatic carbocycles. The number of aromatic nitrogens is 3. The summed E-state index contributed by atoms with van der Waals surface area (Å²) in [5.74, 6) is 0. The quantitative estimate of drug-likeness (QED) is 0.559. The minimum Gasteiger partial charge on any atom is -0.295 e. The predicted octanol–water partition coefficient (Wildman–Crippen LogP) is 3.38. The van der Waals surface area contributed by atoms with Gasteiger partial charge in [0.05, 0.1) is 22.1 Å². The zero-order valence-electron chi connectivity index (χ0n) is 11.5. The summed E-state index contributed by atoms with van der Waals surface area (Å²) >= 11 is 0. The molecule has 2 heterocycles. The molecule has 4 heteroatoms. The maximum absolute atomic E-state index is 12.1. The van der Waals surface area contributed by atoms with Crippen molar-refractivity contribution in [3.63, 3.8) is 0 Å². The van der Waals surface area contributed by atoms with Gasteiger partial charge in [-0.2, -0.15) is 0 Å². The summed E-state index contributed by atoms with van der Waals surface area (Å²) in [4.78, 5) is 16.8. The Labute approximate surface area is 120 Å². The van der Waals surface area contributed by atoms with Crippen molar-refractivity contribution in [2.45, 2.75) is 6.92 Å². The Morgan fingerprint density at radius 3 is 2.52 bits per heavy atom. The van der Waals surface area contributed by atoms with Crippen LogP contribution in [0.4, 0.5) is 0 Å². The van der Waals surface area contributed by atoms with Crippen molar-refractivity contribution < 1.29 is 0 Å². The number of fused-ring (bicyclic) bond motifs is 3. The third kappa shape index (κ3) is 1.76. The van der Waals surface area contributed by atoms with E-state index in [9.17, 15) is 4.79 Å². The van der Waals surface area contributed by atoms with Gasteiger partial charge in [0.15, 0.2) is 0 Å². The molecule has 0 unspecified atom stereocenters. The fraction of sp³-hybridized carbons (Fsp3) is 0.0588. The second-order valence-electron chi connectivity index (χ2n) is 5.17. The van der Waals surface area contributed by atoms with Crippen molar-refractivity contribution in [2.75, 3.05) is 0 Å². The number of aryl methyl sites for hydroxylation is 1. The van der Waals surface area contributed by atoms with Crippen LogP contribution in [-0.4, -0.2) is 15.2 Å². The fourth-order valence-electron chi connectivity index (χ4n) is 2.67. The number of H-pyrrole nitrogens is 2. The van der Waals surface area contributed by atoms with Crippen LogP contribution in [0, 0.1) is 6.92 Å². The molecule has 0 atom stereocenters. The molecule has 2 aromatic carbocycles. The summed E-state index contributed by atoms with van der Waals surface area (Å²) in [6.45, 7) is 2.05. The van der Waals surface area contributed by atoms with E-state index in [1.165, 1.54) is 5.56 Å². The Kier molecular flexibility index (Phi) is 2.44. The van der Waals surface area contributed by atoms with Gasteiger partial charge in [0.2, 0.25) is 0 Å². The van der Waals surface area contributed by atoms with Crippen LogP contribution in [0.25, 0.3) is 33.1 Å². The molecule has 102 valence electrons. The van der Waals surface area contributed by atoms with Gasteiger partial charge in [-0.3, -0.25) is 15.0 Å². The molecule has 0 radical (unpaired) electrons. The second-order valence-corrected chi connectivity index (χ2v) is 5.17. The molecule has 4 aromatic rings. The smallest absolute Gasteiger partial charge is 0.272 e. The van der Waals surface area contributed by atoms with Gasteiger partial charge in [-0.05, 0) is 13.0 Å². The predicted molar refractivity (Wildman–Crippen MR) is 84.4 cm³/mol. The van der Waals surface area contributed by atoms with Crippen LogP contribution in [0.3, 0.4) is 0 Å². The van der Waals surface area contributed by atoms with Crippen molar-refractivity contribution >= 4 is 21.8 Å². The lowest BCUT2D eigenvalue weighted by atomic mass is 10.0. The second kappa shape index (κ2) is 4.31. The molecule has 0 aliphatic heterocycles. The molecule has 4 nitrogen and oxygen atoms in total. The van der Waals surface area contributed by atoms with E-state index in [-0.39, 0.29) is 5.56 Å². The highest BCUT2D eigenvalue weighted by Gasteiger charge is 2.13. The van der Waals surface area contributed by atoms with Crippen LogP contribution < -0.4 is 5.56 Å². The third-order valence-electron chi connectivity index (χ3n) is 3.75. The molecule has 4 rings (SSSR count). The van der Waals surface area contributed by atoms with E-state index in [0.717, 1.165) is 27.7 Å². The first-order chi connectivity index (χ1) is 10.2. The topological polar surface area (TPSA) is 61.5 Å². The van der Waals surface area contributed by atoms with Gasteiger partial charge >= 0.3 is 0 Å². The van der Waals surface area contributed by atoms with Crippen LogP contribution in [0.2, 0.25) is 0 Å². The Morgan fingerprint density at radius 2 is 1.71 bits per heavy atom. The summed E-state index contributed by atoms with van der Waals surface area (Å²) in [6.07, 6.45) is 0. The summed E-state index contributed by atoms with van der Waals surface area (Å²) in [5, 5.41) is 7.16. The van der Waals surface area contributed by atoms with Crippen molar-refractivity contribution in [3.8, 4) is 11.3 Å². The number of benzene rings is 2. The molecular weight excluding hydrogens is 262 g/mol. The molecule has 0 saturated heterocycles. The molecule has 0 aliphatic rings. The van der Waals surface area contributed by atoms with Gasteiger partial charge in [-0.25, -0.2) is 4.98 Å². The van der Waals surface area contributed by atoms with E-state index in [1.54, 1.807) is 0 Å². The van der Waals surface area contributed by atoms with Crippen LogP contribution in [0.15, 0.2) is 53.3 Å². The largest absolute Gasteiger partial charge is 0.295 e. The highest BCUT2D eigenvalue weighted by molar-refractivity contribution is 6.08. The lowest BCUT2D eigenvalue weighted by Crippen LogP contribution is -1.99. The fourth-order valence-corrected chi connectivity index (χ4v) is 2.67. The molecule has 0 amide bonds. The molecule has 2 N–H and O–H groups in total. The first kappa shape index (κ1) is 11.9. The summed E-state index contributed by atoms with van der Waals surface area (Å²) in [6, 6.07) is 15.8. The van der Waals surface area contributed by atoms with Crippen molar-refractivity contribution in [3.05, 3.63) is 64.4 Å². The Bertz CT molecular complexity index is 1010. The lowest BCUT2D eigenvalue weighted by Gasteiger charge is -2.06. The first-order valence-electron chi connectivity index (χ1n) is 6.80. The van der Waals surface area contributed by atoms with Gasteiger partial charge in [0, 0.05) is 10.9 Å². The van der Waals surface area contributed by atoms with Crippen LogP contribution in [0.5, 0.6) is 0 Å². The zero-order valence-corrected chi connectivity index (χ0v) is 11.5. The van der Waals surface area contributed by atoms with Crippen LogP contribution in [0.1, 0.15) is 5.56 Å². The number of para-hydroxylation sites is 1. The normalized spacial score (nSPS) is 11.3. The lowest BCUT2D eigenvalue weighted by molar-refractivity contribution is 1.08. The molecule has 0 spiro atoms. The molecule has 0 fully saturated rings. The van der Waals surface area contributed by atoms with Gasteiger partial charge in [0.25, 0.3) is 5.56 Å². The maximum Gasteiger partial charge on any atom is 0.272 e. The Hall–Kier alpha value is -2.88. The summed E-state index contributed by atoms with van der Waals surface area (Å²) < 4.78 is 0. The number of nitrogens with zero attached hydrogens (tertiary/aromatic N) is 1. The van der Waals surface area contributed by atoms with E-state index in [1.807, 2.05) is 55.5 Å². The molecular formula is C17H13N3O. The molecule has 21 heavy (non-hydrogen) atoms. The maximum atomic E-state index is 12.1. The number of aromatic amines is 2. The van der Waals surface area contributed by atoms with E-state index in [0.29, 0.717) is 5.39 Å². The summed E-state index contributed by atoms with van der Waals surface area (Å²) in [5.41, 5.74) is 4.44. The van der Waals surface area contributed by atoms with E-state index in [4.69, 9.17) is 4.98 Å². The highest BCUT2D eigenvalue weighted by atomic mass is 16.1. The van der Waals surface area contributed by atoms with Crippen molar-refractivity contribution in [1.29, 1.82) is 0 Å². The number of nitrogens with one attached hydrogen (secondary N) is 2. The van der Waals surface area contributed by atoms with Crippen molar-refractivity contribution in [1.82, 2.24) is 15.2 Å². The third-order valence-corrected chi connectivity index (χ3v) is 3.75. The first-order valence-corrected chi connectivity index (χ1v) is 6.80. The number of hydrogen-bond acceptors (Lipinski definition) is 2. The average Bonchev–Trinajstić information content (AvgIpc) is 2.90. The number of pyridine rings is 1. The minimum absolute atomic E-state index is 0.114. The Balaban J connectivity index is 2.17. The van der Waals surface area contributed by atoms with Gasteiger partial charge in [-0.15, -0.1) is 0 Å². The minimum atomic E-state index is -0.114. The summed E-state index contributed by atoms with van der Waals surface area (Å²) in [7, 11) is 0. The SMILES string of the molecule is Cc1ccc(-c2nc3ccccc3c3c(=O)[nH][nH]c23)cc1. The number of hydrogen-bond donors (Lipinski definition) is 2. The Morgan fingerprint density at radius 1 is 0.952 bits per heavy atom. The van der Waals surface area contributed by atoms with Crippen LogP contribution in [-0.2, 0) is 0 Å². The van der Waals surface area contributed by atoms with Gasteiger partial charge < -0.3 is 0 Å². The van der Waals surface area contributed by atoms with Gasteiger partial charge in [0.1, 0.15) is 0 Å². The van der Waals surface area contributed by atoms with E-state index < -0.39 is 0 Å².